The van der Waals surface area contributed by atoms with Crippen LogP contribution < -0.4 is 24.8 Å². The third-order valence-electron chi connectivity index (χ3n) is 4.95. The SMILES string of the molecule is COC(=O)[C@@H](Cc1ccccc1)NC(=O)[C@@H](C)NC(=O)/C=C/c1cc(OC)c(OC)c(OC)c1. The molecular weight excluding hydrogens is 440 g/mol. The number of hydrogen-bond acceptors (Lipinski definition) is 7. The number of rotatable bonds is 11. The quantitative estimate of drug-likeness (QED) is 0.382. The minimum atomic E-state index is -0.889. The highest BCUT2D eigenvalue weighted by atomic mass is 16.5. The molecule has 0 unspecified atom stereocenters. The van der Waals surface area contributed by atoms with E-state index in [9.17, 15) is 14.4 Å². The molecule has 9 nitrogen and oxygen atoms in total. The van der Waals surface area contributed by atoms with E-state index in [0.29, 0.717) is 22.8 Å². The second-order valence-corrected chi connectivity index (χ2v) is 7.30. The van der Waals surface area contributed by atoms with Crippen LogP contribution in [0.2, 0.25) is 0 Å². The number of nitrogens with one attached hydrogen (secondary N) is 2. The Hall–Kier alpha value is -4.01. The summed E-state index contributed by atoms with van der Waals surface area (Å²) in [6.07, 6.45) is 3.10. The van der Waals surface area contributed by atoms with E-state index in [1.165, 1.54) is 41.4 Å². The lowest BCUT2D eigenvalue weighted by molar-refractivity contribution is -0.145. The number of carbonyl (C=O) groups excluding carboxylic acids is 3. The van der Waals surface area contributed by atoms with Gasteiger partial charge in [0.15, 0.2) is 11.5 Å². The summed E-state index contributed by atoms with van der Waals surface area (Å²) in [5, 5.41) is 5.22. The molecule has 0 fully saturated rings. The van der Waals surface area contributed by atoms with Crippen molar-refractivity contribution in [1.82, 2.24) is 10.6 Å². The van der Waals surface area contributed by atoms with Gasteiger partial charge in [0.05, 0.1) is 28.4 Å². The molecule has 0 saturated carbocycles. The average molecular weight is 471 g/mol. The van der Waals surface area contributed by atoms with Gasteiger partial charge in [0.25, 0.3) is 0 Å². The predicted molar refractivity (Wildman–Crippen MR) is 127 cm³/mol. The van der Waals surface area contributed by atoms with Gasteiger partial charge in [0.2, 0.25) is 17.6 Å². The molecule has 2 aromatic rings. The van der Waals surface area contributed by atoms with Crippen molar-refractivity contribution in [3.8, 4) is 17.2 Å². The zero-order valence-corrected chi connectivity index (χ0v) is 19.9. The Morgan fingerprint density at radius 2 is 1.53 bits per heavy atom. The van der Waals surface area contributed by atoms with Gasteiger partial charge < -0.3 is 29.6 Å². The van der Waals surface area contributed by atoms with Crippen LogP contribution in [-0.4, -0.2) is 58.3 Å². The maximum Gasteiger partial charge on any atom is 0.328 e. The van der Waals surface area contributed by atoms with Gasteiger partial charge in [-0.3, -0.25) is 9.59 Å². The average Bonchev–Trinajstić information content (AvgIpc) is 2.86. The van der Waals surface area contributed by atoms with Crippen molar-refractivity contribution in [3.63, 3.8) is 0 Å². The summed E-state index contributed by atoms with van der Waals surface area (Å²) in [7, 11) is 5.75. The molecule has 2 atom stereocenters. The van der Waals surface area contributed by atoms with Crippen LogP contribution in [-0.2, 0) is 25.5 Å². The summed E-state index contributed by atoms with van der Waals surface area (Å²) in [6.45, 7) is 1.53. The predicted octanol–water partition coefficient (Wildman–Crippen LogP) is 2.13. The van der Waals surface area contributed by atoms with Gasteiger partial charge >= 0.3 is 5.97 Å². The molecule has 0 radical (unpaired) electrons. The van der Waals surface area contributed by atoms with Crippen LogP contribution in [0.25, 0.3) is 6.08 Å². The molecule has 0 aliphatic carbocycles. The number of esters is 1. The van der Waals surface area contributed by atoms with Crippen molar-refractivity contribution in [2.75, 3.05) is 28.4 Å². The molecule has 0 spiro atoms. The van der Waals surface area contributed by atoms with E-state index >= 15 is 0 Å². The Balaban J connectivity index is 2.03. The lowest BCUT2D eigenvalue weighted by Gasteiger charge is -2.19. The van der Waals surface area contributed by atoms with E-state index in [-0.39, 0.29) is 6.42 Å². The topological polar surface area (TPSA) is 112 Å². The Bertz CT molecular complexity index is 996. The summed E-state index contributed by atoms with van der Waals surface area (Å²) in [4.78, 5) is 37.1. The lowest BCUT2D eigenvalue weighted by Crippen LogP contribution is -2.51. The molecule has 0 aliphatic heterocycles. The molecule has 0 aromatic heterocycles. The van der Waals surface area contributed by atoms with E-state index in [1.54, 1.807) is 18.2 Å². The van der Waals surface area contributed by atoms with Gasteiger partial charge in [-0.15, -0.1) is 0 Å². The van der Waals surface area contributed by atoms with Crippen LogP contribution in [0.5, 0.6) is 17.2 Å². The summed E-state index contributed by atoms with van der Waals surface area (Å²) in [5.74, 6) is -0.246. The second kappa shape index (κ2) is 12.9. The summed E-state index contributed by atoms with van der Waals surface area (Å²) in [5.41, 5.74) is 1.50. The van der Waals surface area contributed by atoms with Crippen molar-refractivity contribution in [2.45, 2.75) is 25.4 Å². The lowest BCUT2D eigenvalue weighted by atomic mass is 10.1. The van der Waals surface area contributed by atoms with Crippen LogP contribution in [0.15, 0.2) is 48.5 Å². The third kappa shape index (κ3) is 7.26. The zero-order chi connectivity index (χ0) is 25.1. The minimum Gasteiger partial charge on any atom is -0.493 e. The molecule has 2 aromatic carbocycles. The first-order valence-electron chi connectivity index (χ1n) is 10.5. The largest absolute Gasteiger partial charge is 0.493 e. The monoisotopic (exact) mass is 470 g/mol. The van der Waals surface area contributed by atoms with Crippen molar-refractivity contribution >= 4 is 23.9 Å². The molecule has 2 N–H and O–H groups in total. The summed E-state index contributed by atoms with van der Waals surface area (Å²) >= 11 is 0. The van der Waals surface area contributed by atoms with Crippen molar-refractivity contribution in [1.29, 1.82) is 0 Å². The summed E-state index contributed by atoms with van der Waals surface area (Å²) < 4.78 is 20.7. The van der Waals surface area contributed by atoms with Crippen LogP contribution in [0, 0.1) is 0 Å². The first-order chi connectivity index (χ1) is 16.3. The van der Waals surface area contributed by atoms with Gasteiger partial charge in [-0.25, -0.2) is 4.79 Å². The summed E-state index contributed by atoms with van der Waals surface area (Å²) in [6, 6.07) is 10.8. The second-order valence-electron chi connectivity index (χ2n) is 7.30. The highest BCUT2D eigenvalue weighted by Crippen LogP contribution is 2.38. The minimum absolute atomic E-state index is 0.265. The molecule has 9 heteroatoms. The first kappa shape index (κ1) is 26.2. The zero-order valence-electron chi connectivity index (χ0n) is 19.9. The molecule has 0 saturated heterocycles. The molecule has 182 valence electrons. The smallest absolute Gasteiger partial charge is 0.328 e. The van der Waals surface area contributed by atoms with Crippen LogP contribution in [0.3, 0.4) is 0 Å². The van der Waals surface area contributed by atoms with Crippen molar-refractivity contribution in [3.05, 3.63) is 59.7 Å². The van der Waals surface area contributed by atoms with Crippen LogP contribution in [0.4, 0.5) is 0 Å². The van der Waals surface area contributed by atoms with E-state index in [2.05, 4.69) is 10.6 Å². The molecule has 34 heavy (non-hydrogen) atoms. The standard InChI is InChI=1S/C25H30N2O7/c1-16(24(29)27-19(25(30)34-5)13-17-9-7-6-8-10-17)26-22(28)12-11-18-14-20(31-2)23(33-4)21(15-18)32-3/h6-12,14-16,19H,13H2,1-5H3,(H,26,28)(H,27,29)/b12-11+/t16-,19-/m1/s1. The third-order valence-corrected chi connectivity index (χ3v) is 4.95. The van der Waals surface area contributed by atoms with E-state index in [1.807, 2.05) is 30.3 Å². The van der Waals surface area contributed by atoms with Gasteiger partial charge in [-0.2, -0.15) is 0 Å². The molecule has 2 amide bonds. The maximum absolute atomic E-state index is 12.6. The molecule has 0 heterocycles. The fraction of sp³-hybridized carbons (Fsp3) is 0.320. The van der Waals surface area contributed by atoms with Gasteiger partial charge in [-0.05, 0) is 36.3 Å². The Morgan fingerprint density at radius 1 is 0.912 bits per heavy atom. The van der Waals surface area contributed by atoms with Crippen LogP contribution in [0.1, 0.15) is 18.1 Å². The van der Waals surface area contributed by atoms with Gasteiger partial charge in [-0.1, -0.05) is 30.3 Å². The van der Waals surface area contributed by atoms with Crippen molar-refractivity contribution < 1.29 is 33.3 Å². The Kier molecular flexibility index (Phi) is 9.94. The first-order valence-corrected chi connectivity index (χ1v) is 10.5. The highest BCUT2D eigenvalue weighted by molar-refractivity contribution is 5.96. The molecule has 0 aliphatic rings. The number of carbonyl (C=O) groups is 3. The van der Waals surface area contributed by atoms with Gasteiger partial charge in [0.1, 0.15) is 12.1 Å². The molecule has 0 bridgehead atoms. The fourth-order valence-corrected chi connectivity index (χ4v) is 3.18. The van der Waals surface area contributed by atoms with Crippen molar-refractivity contribution in [2.24, 2.45) is 0 Å². The number of amides is 2. The van der Waals surface area contributed by atoms with Crippen LogP contribution >= 0.6 is 0 Å². The number of methoxy groups -OCH3 is 4. The Morgan fingerprint density at radius 3 is 2.06 bits per heavy atom. The molecular formula is C25H30N2O7. The number of hydrogen-bond donors (Lipinski definition) is 2. The van der Waals surface area contributed by atoms with E-state index < -0.39 is 29.9 Å². The normalized spacial score (nSPS) is 12.4. The molecule has 2 rings (SSSR count). The highest BCUT2D eigenvalue weighted by Gasteiger charge is 2.25. The van der Waals surface area contributed by atoms with Gasteiger partial charge in [0, 0.05) is 12.5 Å². The maximum atomic E-state index is 12.6. The number of ether oxygens (including phenoxy) is 4. The van der Waals surface area contributed by atoms with E-state index in [0.717, 1.165) is 5.56 Å². The van der Waals surface area contributed by atoms with E-state index in [4.69, 9.17) is 18.9 Å². The fourth-order valence-electron chi connectivity index (χ4n) is 3.18. The number of benzene rings is 2. The Labute approximate surface area is 199 Å².